The molecule has 0 aliphatic heterocycles. The number of halogens is 2. The molecular formula is C17H14ClFN2O3. The van der Waals surface area contributed by atoms with Crippen LogP contribution in [-0.2, 0) is 6.42 Å². The lowest BCUT2D eigenvalue weighted by Gasteiger charge is -2.07. The van der Waals surface area contributed by atoms with Gasteiger partial charge in [0.25, 0.3) is 5.89 Å². The Kier molecular flexibility index (Phi) is 4.66. The lowest BCUT2D eigenvalue weighted by molar-refractivity contribution is 0.355. The minimum Gasteiger partial charge on any atom is -0.493 e. The number of rotatable bonds is 5. The summed E-state index contributed by atoms with van der Waals surface area (Å²) in [6.07, 6.45) is 0.141. The lowest BCUT2D eigenvalue weighted by Crippen LogP contribution is -1.96. The molecule has 0 bridgehead atoms. The Labute approximate surface area is 143 Å². The second kappa shape index (κ2) is 6.88. The molecule has 124 valence electrons. The Morgan fingerprint density at radius 3 is 2.62 bits per heavy atom. The highest BCUT2D eigenvalue weighted by atomic mass is 35.5. The molecule has 7 heteroatoms. The van der Waals surface area contributed by atoms with Gasteiger partial charge < -0.3 is 14.0 Å². The van der Waals surface area contributed by atoms with Crippen molar-refractivity contribution in [3.05, 3.63) is 58.6 Å². The van der Waals surface area contributed by atoms with E-state index in [1.807, 2.05) is 0 Å². The molecule has 0 aliphatic rings. The molecule has 0 saturated heterocycles. The van der Waals surface area contributed by atoms with Crippen LogP contribution in [0.25, 0.3) is 11.5 Å². The molecule has 0 spiro atoms. The molecule has 0 saturated carbocycles. The molecule has 0 amide bonds. The summed E-state index contributed by atoms with van der Waals surface area (Å²) in [6.45, 7) is 0. The standard InChI is InChI=1S/C17H14ClFN2O3/c1-22-14-7-6-10(8-15(14)23-2)17-20-16(21-24-17)9-11-12(18)4-3-5-13(11)19/h3-8H,9H2,1-2H3. The molecule has 0 radical (unpaired) electrons. The van der Waals surface area contributed by atoms with E-state index in [9.17, 15) is 4.39 Å². The molecule has 0 atom stereocenters. The third kappa shape index (κ3) is 3.19. The van der Waals surface area contributed by atoms with Crippen molar-refractivity contribution in [1.82, 2.24) is 10.1 Å². The van der Waals surface area contributed by atoms with E-state index in [1.54, 1.807) is 44.6 Å². The van der Waals surface area contributed by atoms with Gasteiger partial charge in [0.2, 0.25) is 0 Å². The van der Waals surface area contributed by atoms with Crippen molar-refractivity contribution >= 4 is 11.6 Å². The molecular weight excluding hydrogens is 335 g/mol. The second-order valence-corrected chi connectivity index (χ2v) is 5.37. The van der Waals surface area contributed by atoms with Crippen LogP contribution in [0.4, 0.5) is 4.39 Å². The predicted octanol–water partition coefficient (Wildman–Crippen LogP) is 4.14. The van der Waals surface area contributed by atoms with Crippen LogP contribution in [0.3, 0.4) is 0 Å². The van der Waals surface area contributed by atoms with Crippen molar-refractivity contribution in [2.75, 3.05) is 14.2 Å². The minimum atomic E-state index is -0.403. The minimum absolute atomic E-state index is 0.141. The molecule has 0 aliphatic carbocycles. The molecule has 1 heterocycles. The third-order valence-corrected chi connectivity index (χ3v) is 3.85. The van der Waals surface area contributed by atoms with Crippen molar-refractivity contribution in [1.29, 1.82) is 0 Å². The van der Waals surface area contributed by atoms with E-state index in [0.717, 1.165) is 0 Å². The van der Waals surface area contributed by atoms with Crippen LogP contribution in [0.15, 0.2) is 40.9 Å². The molecule has 1 aromatic heterocycles. The van der Waals surface area contributed by atoms with E-state index >= 15 is 0 Å². The van der Waals surface area contributed by atoms with Crippen LogP contribution >= 0.6 is 11.6 Å². The van der Waals surface area contributed by atoms with Gasteiger partial charge in [-0.25, -0.2) is 4.39 Å². The Morgan fingerprint density at radius 2 is 1.92 bits per heavy atom. The summed E-state index contributed by atoms with van der Waals surface area (Å²) >= 11 is 6.02. The molecule has 5 nitrogen and oxygen atoms in total. The Morgan fingerprint density at radius 1 is 1.12 bits per heavy atom. The first-order chi connectivity index (χ1) is 11.6. The Bertz CT molecular complexity index is 847. The van der Waals surface area contributed by atoms with E-state index < -0.39 is 5.82 Å². The highest BCUT2D eigenvalue weighted by Crippen LogP contribution is 2.32. The first-order valence-corrected chi connectivity index (χ1v) is 7.48. The van der Waals surface area contributed by atoms with E-state index in [1.165, 1.54) is 6.07 Å². The van der Waals surface area contributed by atoms with E-state index in [0.29, 0.717) is 39.4 Å². The van der Waals surface area contributed by atoms with Crippen molar-refractivity contribution in [2.24, 2.45) is 0 Å². The summed E-state index contributed by atoms with van der Waals surface area (Å²) in [5.41, 5.74) is 1.00. The molecule has 3 aromatic rings. The van der Waals surface area contributed by atoms with Crippen molar-refractivity contribution in [3.63, 3.8) is 0 Å². The smallest absolute Gasteiger partial charge is 0.258 e. The molecule has 0 N–H and O–H groups in total. The molecule has 0 fully saturated rings. The summed E-state index contributed by atoms with van der Waals surface area (Å²) in [5.74, 6) is 1.39. The van der Waals surface area contributed by atoms with Gasteiger partial charge in [0.15, 0.2) is 17.3 Å². The van der Waals surface area contributed by atoms with Gasteiger partial charge in [-0.3, -0.25) is 0 Å². The number of benzene rings is 2. The lowest BCUT2D eigenvalue weighted by atomic mass is 10.1. The van der Waals surface area contributed by atoms with Crippen LogP contribution < -0.4 is 9.47 Å². The van der Waals surface area contributed by atoms with Crippen molar-refractivity contribution in [3.8, 4) is 23.0 Å². The third-order valence-electron chi connectivity index (χ3n) is 3.50. The van der Waals surface area contributed by atoms with Crippen LogP contribution in [-0.4, -0.2) is 24.4 Å². The van der Waals surface area contributed by atoms with E-state index in [4.69, 9.17) is 25.6 Å². The monoisotopic (exact) mass is 348 g/mol. The maximum absolute atomic E-state index is 13.8. The summed E-state index contributed by atoms with van der Waals surface area (Å²) in [7, 11) is 3.10. The fourth-order valence-corrected chi connectivity index (χ4v) is 2.50. The zero-order chi connectivity index (χ0) is 17.1. The molecule has 2 aromatic carbocycles. The first kappa shape index (κ1) is 16.3. The average molecular weight is 349 g/mol. The molecule has 24 heavy (non-hydrogen) atoms. The predicted molar refractivity (Wildman–Crippen MR) is 87.1 cm³/mol. The number of hydrogen-bond acceptors (Lipinski definition) is 5. The first-order valence-electron chi connectivity index (χ1n) is 7.10. The second-order valence-electron chi connectivity index (χ2n) is 4.96. The van der Waals surface area contributed by atoms with Gasteiger partial charge in [-0.1, -0.05) is 22.8 Å². The van der Waals surface area contributed by atoms with E-state index in [2.05, 4.69) is 10.1 Å². The highest BCUT2D eigenvalue weighted by Gasteiger charge is 2.15. The zero-order valence-corrected chi connectivity index (χ0v) is 13.8. The van der Waals surface area contributed by atoms with Gasteiger partial charge in [-0.05, 0) is 30.3 Å². The summed E-state index contributed by atoms with van der Waals surface area (Å²) in [5, 5.41) is 4.21. The highest BCUT2D eigenvalue weighted by molar-refractivity contribution is 6.31. The normalized spacial score (nSPS) is 10.7. The molecule has 3 rings (SSSR count). The Balaban J connectivity index is 1.88. The van der Waals surface area contributed by atoms with Crippen molar-refractivity contribution < 1.29 is 18.4 Å². The van der Waals surface area contributed by atoms with Crippen LogP contribution in [0, 0.1) is 5.82 Å². The SMILES string of the molecule is COc1ccc(-c2nc(Cc3c(F)cccc3Cl)no2)cc1OC. The number of methoxy groups -OCH3 is 2. The van der Waals surface area contributed by atoms with Crippen LogP contribution in [0.1, 0.15) is 11.4 Å². The van der Waals surface area contributed by atoms with Gasteiger partial charge in [-0.2, -0.15) is 4.98 Å². The zero-order valence-electron chi connectivity index (χ0n) is 13.0. The largest absolute Gasteiger partial charge is 0.493 e. The maximum atomic E-state index is 13.8. The van der Waals surface area contributed by atoms with Crippen LogP contribution in [0.2, 0.25) is 5.02 Å². The molecule has 0 unspecified atom stereocenters. The summed E-state index contributed by atoms with van der Waals surface area (Å²) in [4.78, 5) is 4.29. The van der Waals surface area contributed by atoms with Crippen molar-refractivity contribution in [2.45, 2.75) is 6.42 Å². The number of nitrogens with zero attached hydrogens (tertiary/aromatic N) is 2. The Hall–Kier alpha value is -2.60. The fourth-order valence-electron chi connectivity index (χ4n) is 2.27. The van der Waals surface area contributed by atoms with Gasteiger partial charge >= 0.3 is 0 Å². The van der Waals surface area contributed by atoms with Gasteiger partial charge in [0.05, 0.1) is 14.2 Å². The van der Waals surface area contributed by atoms with Gasteiger partial charge in [0, 0.05) is 22.6 Å². The average Bonchev–Trinajstić information content (AvgIpc) is 3.06. The number of ether oxygens (including phenoxy) is 2. The quantitative estimate of drug-likeness (QED) is 0.693. The maximum Gasteiger partial charge on any atom is 0.258 e. The van der Waals surface area contributed by atoms with Gasteiger partial charge in [0.1, 0.15) is 5.82 Å². The van der Waals surface area contributed by atoms with Gasteiger partial charge in [-0.15, -0.1) is 0 Å². The number of aromatic nitrogens is 2. The number of hydrogen-bond donors (Lipinski definition) is 0. The van der Waals surface area contributed by atoms with Crippen LogP contribution in [0.5, 0.6) is 11.5 Å². The fraction of sp³-hybridized carbons (Fsp3) is 0.176. The van der Waals surface area contributed by atoms with E-state index in [-0.39, 0.29) is 6.42 Å². The summed E-state index contributed by atoms with van der Waals surface area (Å²) in [6, 6.07) is 9.75. The topological polar surface area (TPSA) is 57.4 Å². The summed E-state index contributed by atoms with van der Waals surface area (Å²) < 4.78 is 29.5.